The molecule has 19 heavy (non-hydrogen) atoms. The first-order chi connectivity index (χ1) is 9.11. The van der Waals surface area contributed by atoms with E-state index >= 15 is 0 Å². The van der Waals surface area contributed by atoms with E-state index in [4.69, 9.17) is 5.26 Å². The van der Waals surface area contributed by atoms with Crippen molar-refractivity contribution in [2.45, 2.75) is 6.04 Å². The van der Waals surface area contributed by atoms with Gasteiger partial charge in [0.15, 0.2) is 0 Å². The van der Waals surface area contributed by atoms with Crippen LogP contribution in [-0.4, -0.2) is 50.6 Å². The van der Waals surface area contributed by atoms with Crippen LogP contribution < -0.4 is 10.2 Å². The van der Waals surface area contributed by atoms with Crippen LogP contribution in [0.1, 0.15) is 5.56 Å². The summed E-state index contributed by atoms with van der Waals surface area (Å²) >= 11 is 0. The second-order valence-electron chi connectivity index (χ2n) is 4.92. The Kier molecular flexibility index (Phi) is 4.15. The summed E-state index contributed by atoms with van der Waals surface area (Å²) in [6.45, 7) is 2.08. The van der Waals surface area contributed by atoms with Crippen molar-refractivity contribution < 1.29 is 4.79 Å². The number of rotatable bonds is 3. The molecule has 1 aromatic carbocycles. The number of hydrogen-bond acceptors (Lipinski definition) is 4. The van der Waals surface area contributed by atoms with Crippen LogP contribution in [0.5, 0.6) is 0 Å². The number of nitriles is 1. The SMILES string of the molecule is CN(C)CC1NCCN(c2cccc(C#N)c2)C1=O. The van der Waals surface area contributed by atoms with Crippen molar-refractivity contribution in [2.75, 3.05) is 38.6 Å². The van der Waals surface area contributed by atoms with Gasteiger partial charge in [-0.25, -0.2) is 0 Å². The number of anilines is 1. The van der Waals surface area contributed by atoms with Crippen molar-refractivity contribution in [1.29, 1.82) is 5.26 Å². The van der Waals surface area contributed by atoms with E-state index in [0.717, 1.165) is 12.2 Å². The number of carbonyl (C=O) groups is 1. The fraction of sp³-hybridized carbons (Fsp3) is 0.429. The van der Waals surface area contributed by atoms with Gasteiger partial charge >= 0.3 is 0 Å². The first kappa shape index (κ1) is 13.5. The molecule has 1 aliphatic heterocycles. The molecule has 1 heterocycles. The van der Waals surface area contributed by atoms with Crippen molar-refractivity contribution in [1.82, 2.24) is 10.2 Å². The average molecular weight is 258 g/mol. The quantitative estimate of drug-likeness (QED) is 0.854. The zero-order chi connectivity index (χ0) is 13.8. The van der Waals surface area contributed by atoms with Crippen LogP contribution in [0.3, 0.4) is 0 Å². The van der Waals surface area contributed by atoms with Gasteiger partial charge in [0.05, 0.1) is 11.6 Å². The van der Waals surface area contributed by atoms with E-state index < -0.39 is 0 Å². The smallest absolute Gasteiger partial charge is 0.245 e. The van der Waals surface area contributed by atoms with Gasteiger partial charge in [-0.15, -0.1) is 0 Å². The van der Waals surface area contributed by atoms with Crippen LogP contribution in [0.15, 0.2) is 24.3 Å². The Hall–Kier alpha value is -1.90. The molecular formula is C14H18N4O. The molecule has 0 bridgehead atoms. The molecule has 5 heteroatoms. The molecule has 0 aromatic heterocycles. The van der Waals surface area contributed by atoms with Crippen LogP contribution in [-0.2, 0) is 4.79 Å². The normalized spacial score (nSPS) is 19.6. The lowest BCUT2D eigenvalue weighted by Crippen LogP contribution is -2.58. The van der Waals surface area contributed by atoms with Gasteiger partial charge in [-0.3, -0.25) is 4.79 Å². The van der Waals surface area contributed by atoms with Crippen LogP contribution in [0.2, 0.25) is 0 Å². The summed E-state index contributed by atoms with van der Waals surface area (Å²) in [6.07, 6.45) is 0. The molecule has 2 rings (SSSR count). The third-order valence-corrected chi connectivity index (χ3v) is 3.12. The first-order valence-electron chi connectivity index (χ1n) is 6.31. The van der Waals surface area contributed by atoms with Crippen LogP contribution in [0.4, 0.5) is 5.69 Å². The second-order valence-corrected chi connectivity index (χ2v) is 4.92. The number of hydrogen-bond donors (Lipinski definition) is 1. The lowest BCUT2D eigenvalue weighted by atomic mass is 10.1. The molecular weight excluding hydrogens is 240 g/mol. The maximum absolute atomic E-state index is 12.4. The number of piperazine rings is 1. The molecule has 1 unspecified atom stereocenters. The Morgan fingerprint density at radius 1 is 1.53 bits per heavy atom. The molecule has 1 atom stereocenters. The summed E-state index contributed by atoms with van der Waals surface area (Å²) in [4.78, 5) is 16.2. The maximum Gasteiger partial charge on any atom is 0.245 e. The van der Waals surface area contributed by atoms with Crippen LogP contribution in [0.25, 0.3) is 0 Å². The molecule has 1 fully saturated rings. The van der Waals surface area contributed by atoms with Gasteiger partial charge in [0.1, 0.15) is 6.04 Å². The van der Waals surface area contributed by atoms with Crippen molar-refractivity contribution in [3.8, 4) is 6.07 Å². The van der Waals surface area contributed by atoms with E-state index in [1.807, 2.05) is 31.1 Å². The standard InChI is InChI=1S/C14H18N4O/c1-17(2)10-13-14(19)18(7-6-16-13)12-5-3-4-11(8-12)9-15/h3-5,8,13,16H,6-7,10H2,1-2H3. The minimum atomic E-state index is -0.186. The van der Waals surface area contributed by atoms with Gasteiger partial charge in [0.2, 0.25) is 5.91 Å². The lowest BCUT2D eigenvalue weighted by molar-refractivity contribution is -0.121. The molecule has 1 aliphatic rings. The third kappa shape index (κ3) is 3.11. The number of amides is 1. The number of likely N-dealkylation sites (N-methyl/N-ethyl adjacent to an activating group) is 1. The number of benzene rings is 1. The molecule has 0 spiro atoms. The molecule has 0 saturated carbocycles. The van der Waals surface area contributed by atoms with Gasteiger partial charge < -0.3 is 15.1 Å². The van der Waals surface area contributed by atoms with E-state index in [2.05, 4.69) is 11.4 Å². The Morgan fingerprint density at radius 3 is 3.00 bits per heavy atom. The number of nitrogens with one attached hydrogen (secondary N) is 1. The van der Waals surface area contributed by atoms with E-state index in [9.17, 15) is 4.79 Å². The Labute approximate surface area is 113 Å². The summed E-state index contributed by atoms with van der Waals surface area (Å²) in [5.74, 6) is 0.0649. The molecule has 1 N–H and O–H groups in total. The molecule has 0 aliphatic carbocycles. The Morgan fingerprint density at radius 2 is 2.32 bits per heavy atom. The minimum Gasteiger partial charge on any atom is -0.310 e. The van der Waals surface area contributed by atoms with Crippen molar-refractivity contribution in [3.63, 3.8) is 0 Å². The fourth-order valence-electron chi connectivity index (χ4n) is 2.24. The summed E-state index contributed by atoms with van der Waals surface area (Å²) < 4.78 is 0. The van der Waals surface area contributed by atoms with E-state index in [-0.39, 0.29) is 11.9 Å². The first-order valence-corrected chi connectivity index (χ1v) is 6.31. The predicted molar refractivity (Wildman–Crippen MR) is 73.9 cm³/mol. The number of nitrogens with zero attached hydrogens (tertiary/aromatic N) is 3. The summed E-state index contributed by atoms with van der Waals surface area (Å²) in [5, 5.41) is 12.2. The molecule has 1 aromatic rings. The topological polar surface area (TPSA) is 59.4 Å². The lowest BCUT2D eigenvalue weighted by Gasteiger charge is -2.34. The highest BCUT2D eigenvalue weighted by atomic mass is 16.2. The largest absolute Gasteiger partial charge is 0.310 e. The van der Waals surface area contributed by atoms with E-state index in [1.54, 1.807) is 17.0 Å². The summed E-state index contributed by atoms with van der Waals surface area (Å²) in [5.41, 5.74) is 1.38. The molecule has 1 amide bonds. The highest BCUT2D eigenvalue weighted by molar-refractivity contribution is 5.98. The molecule has 0 radical (unpaired) electrons. The Bertz CT molecular complexity index is 506. The molecule has 1 saturated heterocycles. The zero-order valence-electron chi connectivity index (χ0n) is 11.3. The van der Waals surface area contributed by atoms with Crippen molar-refractivity contribution in [3.05, 3.63) is 29.8 Å². The maximum atomic E-state index is 12.4. The highest BCUT2D eigenvalue weighted by Crippen LogP contribution is 2.18. The second kappa shape index (κ2) is 5.83. The minimum absolute atomic E-state index is 0.0649. The van der Waals surface area contributed by atoms with Gasteiger partial charge in [-0.05, 0) is 32.3 Å². The third-order valence-electron chi connectivity index (χ3n) is 3.12. The van der Waals surface area contributed by atoms with Crippen LogP contribution >= 0.6 is 0 Å². The highest BCUT2D eigenvalue weighted by Gasteiger charge is 2.29. The summed E-state index contributed by atoms with van der Waals surface area (Å²) in [7, 11) is 3.90. The van der Waals surface area contributed by atoms with Gasteiger partial charge in [0.25, 0.3) is 0 Å². The van der Waals surface area contributed by atoms with Crippen LogP contribution in [0, 0.1) is 11.3 Å². The molecule has 5 nitrogen and oxygen atoms in total. The summed E-state index contributed by atoms with van der Waals surface area (Å²) in [6, 6.07) is 9.10. The fourth-order valence-corrected chi connectivity index (χ4v) is 2.24. The predicted octanol–water partition coefficient (Wildman–Crippen LogP) is 0.425. The van der Waals surface area contributed by atoms with Gasteiger partial charge in [0, 0.05) is 25.3 Å². The van der Waals surface area contributed by atoms with Gasteiger partial charge in [-0.1, -0.05) is 6.07 Å². The number of carbonyl (C=O) groups excluding carboxylic acids is 1. The van der Waals surface area contributed by atoms with E-state index in [1.165, 1.54) is 0 Å². The molecule has 100 valence electrons. The Balaban J connectivity index is 2.19. The average Bonchev–Trinajstić information content (AvgIpc) is 2.41. The van der Waals surface area contributed by atoms with Crippen molar-refractivity contribution in [2.24, 2.45) is 0 Å². The van der Waals surface area contributed by atoms with Crippen molar-refractivity contribution >= 4 is 11.6 Å². The van der Waals surface area contributed by atoms with E-state index in [0.29, 0.717) is 18.7 Å². The van der Waals surface area contributed by atoms with Gasteiger partial charge in [-0.2, -0.15) is 5.26 Å². The zero-order valence-corrected chi connectivity index (χ0v) is 11.3. The monoisotopic (exact) mass is 258 g/mol.